The van der Waals surface area contributed by atoms with Crippen LogP contribution in [0.3, 0.4) is 0 Å². The minimum Gasteiger partial charge on any atom is -0.495 e. The summed E-state index contributed by atoms with van der Waals surface area (Å²) in [6.07, 6.45) is 6.85. The van der Waals surface area contributed by atoms with Gasteiger partial charge in [-0.1, -0.05) is 19.9 Å². The van der Waals surface area contributed by atoms with Gasteiger partial charge in [0.2, 0.25) is 0 Å². The van der Waals surface area contributed by atoms with Gasteiger partial charge in [0.05, 0.1) is 18.5 Å². The number of pyridine rings is 1. The van der Waals surface area contributed by atoms with E-state index in [-0.39, 0.29) is 0 Å². The van der Waals surface area contributed by atoms with Crippen molar-refractivity contribution in [3.8, 4) is 16.9 Å². The summed E-state index contributed by atoms with van der Waals surface area (Å²) in [7, 11) is 1.76. The second-order valence-corrected chi connectivity index (χ2v) is 11.7. The average molecular weight is 575 g/mol. The van der Waals surface area contributed by atoms with Gasteiger partial charge in [-0.25, -0.2) is 15.0 Å². The van der Waals surface area contributed by atoms with E-state index in [9.17, 15) is 0 Å². The van der Waals surface area contributed by atoms with Crippen molar-refractivity contribution >= 4 is 28.4 Å². The van der Waals surface area contributed by atoms with Crippen LogP contribution in [0.2, 0.25) is 0 Å². The van der Waals surface area contributed by atoms with E-state index < -0.39 is 0 Å². The quantitative estimate of drug-likeness (QED) is 0.410. The molecule has 0 radical (unpaired) electrons. The number of nitrogens with one attached hydrogen (secondary N) is 1. The predicted octanol–water partition coefficient (Wildman–Crippen LogP) is 4.04. The van der Waals surface area contributed by atoms with Gasteiger partial charge in [-0.15, -0.1) is 0 Å². The fraction of sp³-hybridized carbons (Fsp3) is 0.594. The highest BCUT2D eigenvalue weighted by Gasteiger charge is 2.28. The lowest BCUT2D eigenvalue weighted by Crippen LogP contribution is -2.53. The highest BCUT2D eigenvalue weighted by atomic mass is 16.5. The zero-order valence-corrected chi connectivity index (χ0v) is 25.4. The number of piperazine rings is 1. The Kier molecular flexibility index (Phi) is 8.92. The monoisotopic (exact) mass is 574 g/mol. The predicted molar refractivity (Wildman–Crippen MR) is 169 cm³/mol. The maximum atomic E-state index is 6.33. The van der Waals surface area contributed by atoms with Crippen molar-refractivity contribution in [2.45, 2.75) is 58.0 Å². The number of piperidine rings is 1. The SMILES string of the molecule is CCc1nc2c(N)ncc(-c3ccc(N4CCC(N5CCN(CC)CC5)CC4)c(OC)c3)c2nc1NC1CCOCC1. The summed E-state index contributed by atoms with van der Waals surface area (Å²) in [5.74, 6) is 2.09. The summed E-state index contributed by atoms with van der Waals surface area (Å²) >= 11 is 0. The Labute approximate surface area is 249 Å². The number of methoxy groups -OCH3 is 1. The molecule has 5 heterocycles. The van der Waals surface area contributed by atoms with Crippen LogP contribution in [-0.4, -0.2) is 103 Å². The lowest BCUT2D eigenvalue weighted by atomic mass is 10.00. The number of benzene rings is 1. The van der Waals surface area contributed by atoms with E-state index in [1.54, 1.807) is 7.11 Å². The first kappa shape index (κ1) is 28.9. The summed E-state index contributed by atoms with van der Waals surface area (Å²) in [5, 5.41) is 3.65. The van der Waals surface area contributed by atoms with Crippen molar-refractivity contribution in [1.82, 2.24) is 24.8 Å². The molecule has 10 heteroatoms. The van der Waals surface area contributed by atoms with Gasteiger partial charge in [0.25, 0.3) is 0 Å². The van der Waals surface area contributed by atoms with Crippen molar-refractivity contribution in [3.05, 3.63) is 30.1 Å². The molecule has 0 atom stereocenters. The number of aromatic nitrogens is 3. The van der Waals surface area contributed by atoms with Crippen LogP contribution in [0.25, 0.3) is 22.2 Å². The fourth-order valence-electron chi connectivity index (χ4n) is 6.72. The molecule has 42 heavy (non-hydrogen) atoms. The molecule has 3 aliphatic heterocycles. The van der Waals surface area contributed by atoms with Crippen LogP contribution in [-0.2, 0) is 11.2 Å². The fourth-order valence-corrected chi connectivity index (χ4v) is 6.72. The minimum absolute atomic E-state index is 0.322. The van der Waals surface area contributed by atoms with Gasteiger partial charge >= 0.3 is 0 Å². The normalized spacial score (nSPS) is 19.8. The first-order valence-corrected chi connectivity index (χ1v) is 15.8. The third-order valence-corrected chi connectivity index (χ3v) is 9.36. The second-order valence-electron chi connectivity index (χ2n) is 11.7. The molecule has 3 fully saturated rings. The first-order chi connectivity index (χ1) is 20.6. The van der Waals surface area contributed by atoms with Crippen LogP contribution in [0, 0.1) is 0 Å². The molecule has 0 bridgehead atoms. The number of nitrogens with two attached hydrogens (primary N) is 1. The molecule has 10 nitrogen and oxygen atoms in total. The zero-order chi connectivity index (χ0) is 29.1. The Morgan fingerprint density at radius 2 is 1.74 bits per heavy atom. The van der Waals surface area contributed by atoms with Crippen LogP contribution in [0.5, 0.6) is 5.75 Å². The number of fused-ring (bicyclic) bond motifs is 1. The first-order valence-electron chi connectivity index (χ1n) is 15.8. The van der Waals surface area contributed by atoms with E-state index in [1.807, 2.05) is 6.20 Å². The third-order valence-electron chi connectivity index (χ3n) is 9.36. The molecule has 3 N–H and O–H groups in total. The molecule has 3 aromatic rings. The van der Waals surface area contributed by atoms with E-state index in [2.05, 4.69) is 57.0 Å². The van der Waals surface area contributed by atoms with Crippen LogP contribution >= 0.6 is 0 Å². The molecule has 226 valence electrons. The Balaban J connectivity index is 1.24. The Bertz CT molecular complexity index is 1360. The van der Waals surface area contributed by atoms with Crippen molar-refractivity contribution in [3.63, 3.8) is 0 Å². The third kappa shape index (κ3) is 5.98. The molecule has 0 amide bonds. The highest BCUT2D eigenvalue weighted by molar-refractivity contribution is 5.97. The zero-order valence-electron chi connectivity index (χ0n) is 25.4. The summed E-state index contributed by atoms with van der Waals surface area (Å²) in [4.78, 5) is 22.3. The number of hydrogen-bond donors (Lipinski definition) is 2. The van der Waals surface area contributed by atoms with E-state index >= 15 is 0 Å². The van der Waals surface area contributed by atoms with E-state index in [0.29, 0.717) is 23.4 Å². The maximum Gasteiger partial charge on any atom is 0.151 e. The van der Waals surface area contributed by atoms with Crippen LogP contribution in [0.1, 0.15) is 45.2 Å². The summed E-state index contributed by atoms with van der Waals surface area (Å²) in [6.45, 7) is 13.9. The molecule has 2 aromatic heterocycles. The van der Waals surface area contributed by atoms with Gasteiger partial charge in [0.15, 0.2) is 5.82 Å². The molecule has 0 aliphatic carbocycles. The molecular formula is C32H46N8O2. The number of likely N-dealkylation sites (N-methyl/N-ethyl adjacent to an activating group) is 1. The minimum atomic E-state index is 0.322. The second kappa shape index (κ2) is 13.0. The molecule has 0 saturated carbocycles. The number of ether oxygens (including phenoxy) is 2. The summed E-state index contributed by atoms with van der Waals surface area (Å²) < 4.78 is 11.5. The highest BCUT2D eigenvalue weighted by Crippen LogP contribution is 2.38. The van der Waals surface area contributed by atoms with Crippen molar-refractivity contribution < 1.29 is 9.47 Å². The molecule has 0 spiro atoms. The van der Waals surface area contributed by atoms with Gasteiger partial charge < -0.3 is 30.3 Å². The average Bonchev–Trinajstić information content (AvgIpc) is 3.05. The molecule has 3 saturated heterocycles. The molecule has 6 rings (SSSR count). The lowest BCUT2D eigenvalue weighted by molar-refractivity contribution is 0.0878. The van der Waals surface area contributed by atoms with E-state index in [4.69, 9.17) is 25.2 Å². The largest absolute Gasteiger partial charge is 0.495 e. The topological polar surface area (TPSA) is 105 Å². The lowest BCUT2D eigenvalue weighted by Gasteiger charge is -2.43. The van der Waals surface area contributed by atoms with Crippen LogP contribution < -0.4 is 20.7 Å². The number of aryl methyl sites for hydroxylation is 1. The van der Waals surface area contributed by atoms with E-state index in [0.717, 1.165) is 91.7 Å². The smallest absolute Gasteiger partial charge is 0.151 e. The molecule has 0 unspecified atom stereocenters. The van der Waals surface area contributed by atoms with Gasteiger partial charge in [-0.05, 0) is 56.3 Å². The number of nitrogens with zero attached hydrogens (tertiary/aromatic N) is 6. The number of anilines is 3. The van der Waals surface area contributed by atoms with Crippen LogP contribution in [0.4, 0.5) is 17.3 Å². The van der Waals surface area contributed by atoms with Crippen molar-refractivity contribution in [2.75, 3.05) is 82.1 Å². The van der Waals surface area contributed by atoms with E-state index in [1.165, 1.54) is 39.0 Å². The summed E-state index contributed by atoms with van der Waals surface area (Å²) in [5.41, 5.74) is 11.7. The molecular weight excluding hydrogens is 528 g/mol. The van der Waals surface area contributed by atoms with Gasteiger partial charge in [-0.2, -0.15) is 0 Å². The number of nitrogen functional groups attached to an aromatic ring is 1. The summed E-state index contributed by atoms with van der Waals surface area (Å²) in [6, 6.07) is 7.45. The van der Waals surface area contributed by atoms with Crippen LogP contribution in [0.15, 0.2) is 24.4 Å². The Hall–Kier alpha value is -3.21. The number of hydrogen-bond acceptors (Lipinski definition) is 10. The maximum absolute atomic E-state index is 6.33. The van der Waals surface area contributed by atoms with Gasteiger partial charge in [0, 0.05) is 76.3 Å². The Morgan fingerprint density at radius 1 is 0.976 bits per heavy atom. The Morgan fingerprint density at radius 3 is 2.43 bits per heavy atom. The standard InChI is InChI=1S/C32H46N8O2/c1-4-26-32(35-23-10-18-42-19-11-23)37-29-25(21-34-31(33)30(29)36-26)22-6-7-27(28(20-22)41-3)40-12-8-24(9-13-40)39-16-14-38(5-2)15-17-39/h6-7,20-21,23-24H,4-5,8-19H2,1-3H3,(H2,33,34)(H,35,37). The van der Waals surface area contributed by atoms with Crippen molar-refractivity contribution in [2.24, 2.45) is 0 Å². The van der Waals surface area contributed by atoms with Gasteiger partial charge in [-0.3, -0.25) is 4.90 Å². The number of rotatable bonds is 8. The van der Waals surface area contributed by atoms with Crippen molar-refractivity contribution in [1.29, 1.82) is 0 Å². The van der Waals surface area contributed by atoms with Gasteiger partial charge in [0.1, 0.15) is 22.6 Å². The molecule has 1 aromatic carbocycles. The molecule has 3 aliphatic rings.